The van der Waals surface area contributed by atoms with Crippen molar-refractivity contribution in [1.29, 1.82) is 0 Å². The number of carbonyl (C=O) groups excluding carboxylic acids is 1. The lowest BCUT2D eigenvalue weighted by molar-refractivity contribution is -0.149. The van der Waals surface area contributed by atoms with Crippen molar-refractivity contribution >= 4 is 5.91 Å². The third kappa shape index (κ3) is 3.29. The number of benzene rings is 1. The molecule has 1 aromatic carbocycles. The number of amides is 1. The van der Waals surface area contributed by atoms with Crippen molar-refractivity contribution in [2.75, 3.05) is 26.3 Å². The highest BCUT2D eigenvalue weighted by Crippen LogP contribution is 2.38. The second-order valence-electron chi connectivity index (χ2n) is 8.53. The fourth-order valence-corrected chi connectivity index (χ4v) is 4.68. The van der Waals surface area contributed by atoms with E-state index in [1.807, 2.05) is 24.8 Å². The summed E-state index contributed by atoms with van der Waals surface area (Å²) < 4.78 is 11.8. The van der Waals surface area contributed by atoms with Gasteiger partial charge in [-0.2, -0.15) is 0 Å². The standard InChI is InChI=1S/C21H29NO3/c1-20(2,25-18-8-7-16-5-3-6-17(16)13-18)19(23)22-11-4-9-21(14-22)10-12-24-15-21/h7-8,13H,3-6,9-12,14-15H2,1-2H3/t21-/m0/s1. The zero-order valence-corrected chi connectivity index (χ0v) is 15.5. The summed E-state index contributed by atoms with van der Waals surface area (Å²) in [5, 5.41) is 0. The quantitative estimate of drug-likeness (QED) is 0.845. The number of ether oxygens (including phenoxy) is 2. The second kappa shape index (κ2) is 6.31. The molecule has 2 fully saturated rings. The van der Waals surface area contributed by atoms with Crippen molar-refractivity contribution in [3.05, 3.63) is 29.3 Å². The molecule has 0 aromatic heterocycles. The molecule has 0 bridgehead atoms. The van der Waals surface area contributed by atoms with E-state index in [-0.39, 0.29) is 11.3 Å². The van der Waals surface area contributed by atoms with Crippen LogP contribution in [0.2, 0.25) is 0 Å². The summed E-state index contributed by atoms with van der Waals surface area (Å²) in [5.41, 5.74) is 2.14. The highest BCUT2D eigenvalue weighted by Gasteiger charge is 2.43. The number of carbonyl (C=O) groups is 1. The highest BCUT2D eigenvalue weighted by atomic mass is 16.5. The first kappa shape index (κ1) is 16.9. The van der Waals surface area contributed by atoms with E-state index in [1.54, 1.807) is 0 Å². The molecular formula is C21H29NO3. The first-order valence-electron chi connectivity index (χ1n) is 9.66. The fourth-order valence-electron chi connectivity index (χ4n) is 4.68. The molecule has 4 heteroatoms. The van der Waals surface area contributed by atoms with Crippen molar-refractivity contribution in [3.63, 3.8) is 0 Å². The summed E-state index contributed by atoms with van der Waals surface area (Å²) in [6.07, 6.45) is 6.81. The van der Waals surface area contributed by atoms with Crippen LogP contribution in [0.15, 0.2) is 18.2 Å². The van der Waals surface area contributed by atoms with Gasteiger partial charge in [0, 0.05) is 25.1 Å². The van der Waals surface area contributed by atoms with Crippen molar-refractivity contribution in [1.82, 2.24) is 4.90 Å². The minimum absolute atomic E-state index is 0.0963. The molecule has 0 unspecified atom stereocenters. The first-order valence-corrected chi connectivity index (χ1v) is 9.66. The molecule has 0 saturated carbocycles. The van der Waals surface area contributed by atoms with E-state index in [1.165, 1.54) is 24.0 Å². The predicted octanol–water partition coefficient (Wildman–Crippen LogP) is 3.36. The summed E-state index contributed by atoms with van der Waals surface area (Å²) >= 11 is 0. The van der Waals surface area contributed by atoms with Gasteiger partial charge in [-0.05, 0) is 75.6 Å². The zero-order valence-electron chi connectivity index (χ0n) is 15.5. The van der Waals surface area contributed by atoms with Crippen LogP contribution in [-0.4, -0.2) is 42.7 Å². The largest absolute Gasteiger partial charge is 0.478 e. The number of likely N-dealkylation sites (tertiary alicyclic amines) is 1. The van der Waals surface area contributed by atoms with Crippen LogP contribution in [0.4, 0.5) is 0 Å². The molecule has 2 aliphatic heterocycles. The molecule has 2 heterocycles. The molecule has 25 heavy (non-hydrogen) atoms. The van der Waals surface area contributed by atoms with Crippen molar-refractivity contribution in [3.8, 4) is 5.75 Å². The molecule has 1 aliphatic carbocycles. The van der Waals surface area contributed by atoms with Crippen LogP contribution < -0.4 is 4.74 Å². The lowest BCUT2D eigenvalue weighted by Gasteiger charge is -2.42. The Morgan fingerprint density at radius 3 is 2.84 bits per heavy atom. The van der Waals surface area contributed by atoms with Crippen LogP contribution in [0.1, 0.15) is 50.7 Å². The van der Waals surface area contributed by atoms with Gasteiger partial charge in [0.05, 0.1) is 6.61 Å². The molecule has 0 N–H and O–H groups in total. The third-order valence-electron chi connectivity index (χ3n) is 6.09. The van der Waals surface area contributed by atoms with Gasteiger partial charge in [-0.1, -0.05) is 6.07 Å². The number of hydrogen-bond donors (Lipinski definition) is 0. The molecule has 1 aromatic rings. The van der Waals surface area contributed by atoms with Crippen LogP contribution in [0, 0.1) is 5.41 Å². The Bertz CT molecular complexity index is 661. The van der Waals surface area contributed by atoms with Gasteiger partial charge < -0.3 is 14.4 Å². The van der Waals surface area contributed by atoms with Crippen molar-refractivity contribution in [2.24, 2.45) is 5.41 Å². The summed E-state index contributed by atoms with van der Waals surface area (Å²) in [5.74, 6) is 0.911. The van der Waals surface area contributed by atoms with Gasteiger partial charge in [0.15, 0.2) is 5.60 Å². The second-order valence-corrected chi connectivity index (χ2v) is 8.53. The summed E-state index contributed by atoms with van der Waals surface area (Å²) in [6, 6.07) is 6.30. The molecule has 0 radical (unpaired) electrons. The van der Waals surface area contributed by atoms with Gasteiger partial charge in [-0.15, -0.1) is 0 Å². The maximum atomic E-state index is 13.2. The maximum Gasteiger partial charge on any atom is 0.266 e. The van der Waals surface area contributed by atoms with E-state index in [0.29, 0.717) is 0 Å². The molecular weight excluding hydrogens is 314 g/mol. The Kier molecular flexibility index (Phi) is 4.27. The number of piperidine rings is 1. The molecule has 4 nitrogen and oxygen atoms in total. The number of hydrogen-bond acceptors (Lipinski definition) is 3. The SMILES string of the molecule is CC(C)(Oc1ccc2c(c1)CCC2)C(=O)N1CCC[C@]2(CCOC2)C1. The van der Waals surface area contributed by atoms with E-state index in [0.717, 1.165) is 57.7 Å². The van der Waals surface area contributed by atoms with Crippen LogP contribution >= 0.6 is 0 Å². The Hall–Kier alpha value is -1.55. The van der Waals surface area contributed by atoms with Gasteiger partial charge in [-0.25, -0.2) is 0 Å². The smallest absolute Gasteiger partial charge is 0.266 e. The minimum atomic E-state index is -0.842. The number of aryl methyl sites for hydroxylation is 2. The Labute approximate surface area is 150 Å². The normalized spacial score (nSPS) is 26.1. The average Bonchev–Trinajstić information content (AvgIpc) is 3.23. The van der Waals surface area contributed by atoms with E-state index < -0.39 is 5.60 Å². The Morgan fingerprint density at radius 2 is 2.04 bits per heavy atom. The monoisotopic (exact) mass is 343 g/mol. The van der Waals surface area contributed by atoms with Crippen LogP contribution in [0.3, 0.4) is 0 Å². The highest BCUT2D eigenvalue weighted by molar-refractivity contribution is 5.85. The topological polar surface area (TPSA) is 38.8 Å². The van der Waals surface area contributed by atoms with E-state index >= 15 is 0 Å². The Balaban J connectivity index is 1.46. The zero-order chi connectivity index (χ0) is 17.5. The van der Waals surface area contributed by atoms with Gasteiger partial charge in [0.1, 0.15) is 5.75 Å². The lowest BCUT2D eigenvalue weighted by atomic mass is 9.79. The fraction of sp³-hybridized carbons (Fsp3) is 0.667. The van der Waals surface area contributed by atoms with Crippen molar-refractivity contribution in [2.45, 2.75) is 58.0 Å². The van der Waals surface area contributed by atoms with Crippen LogP contribution in [0.25, 0.3) is 0 Å². The van der Waals surface area contributed by atoms with Crippen molar-refractivity contribution < 1.29 is 14.3 Å². The van der Waals surface area contributed by atoms with Crippen LogP contribution in [0.5, 0.6) is 5.75 Å². The maximum absolute atomic E-state index is 13.2. The van der Waals surface area contributed by atoms with Gasteiger partial charge in [-0.3, -0.25) is 4.79 Å². The van der Waals surface area contributed by atoms with Gasteiger partial charge in [0.25, 0.3) is 5.91 Å². The summed E-state index contributed by atoms with van der Waals surface area (Å²) in [7, 11) is 0. The molecule has 4 rings (SSSR count). The summed E-state index contributed by atoms with van der Waals surface area (Å²) in [4.78, 5) is 15.2. The average molecular weight is 343 g/mol. The molecule has 1 amide bonds. The minimum Gasteiger partial charge on any atom is -0.478 e. The predicted molar refractivity (Wildman–Crippen MR) is 96.9 cm³/mol. The third-order valence-corrected chi connectivity index (χ3v) is 6.09. The molecule has 3 aliphatic rings. The van der Waals surface area contributed by atoms with Crippen LogP contribution in [-0.2, 0) is 22.4 Å². The van der Waals surface area contributed by atoms with Gasteiger partial charge in [0.2, 0.25) is 0 Å². The molecule has 2 saturated heterocycles. The summed E-state index contributed by atoms with van der Waals surface area (Å²) in [6.45, 7) is 7.06. The van der Waals surface area contributed by atoms with E-state index in [4.69, 9.17) is 9.47 Å². The lowest BCUT2D eigenvalue weighted by Crippen LogP contribution is -2.54. The molecule has 1 spiro atoms. The molecule has 136 valence electrons. The van der Waals surface area contributed by atoms with E-state index in [9.17, 15) is 4.79 Å². The van der Waals surface area contributed by atoms with Gasteiger partial charge >= 0.3 is 0 Å². The van der Waals surface area contributed by atoms with E-state index in [2.05, 4.69) is 12.1 Å². The Morgan fingerprint density at radius 1 is 1.20 bits per heavy atom. The number of rotatable bonds is 3. The molecule has 1 atom stereocenters. The number of nitrogens with zero attached hydrogens (tertiary/aromatic N) is 1. The first-order chi connectivity index (χ1) is 12.0. The number of fused-ring (bicyclic) bond motifs is 1.